The molecule has 6 heteroatoms. The summed E-state index contributed by atoms with van der Waals surface area (Å²) in [5.74, 6) is 1.41. The molecule has 4 rings (SSSR count). The second kappa shape index (κ2) is 12.0. The number of carbonyl (C=O) groups is 1. The first-order chi connectivity index (χ1) is 17.1. The minimum Gasteiger partial charge on any atom is -0.491 e. The fourth-order valence-electron chi connectivity index (χ4n) is 3.89. The fraction of sp³-hybridized carbons (Fsp3) is 0.207. The van der Waals surface area contributed by atoms with E-state index in [0.717, 1.165) is 22.5 Å². The molecule has 0 saturated heterocycles. The Kier molecular flexibility index (Phi) is 8.33. The van der Waals surface area contributed by atoms with Crippen LogP contribution in [0.4, 0.5) is 0 Å². The van der Waals surface area contributed by atoms with Crippen molar-refractivity contribution >= 4 is 5.91 Å². The Bertz CT molecular complexity index is 1170. The molecule has 1 atom stereocenters. The van der Waals surface area contributed by atoms with Crippen molar-refractivity contribution in [2.75, 3.05) is 20.2 Å². The van der Waals surface area contributed by atoms with Gasteiger partial charge in [-0.2, -0.15) is 0 Å². The highest BCUT2D eigenvalue weighted by Gasteiger charge is 2.16. The number of benzene rings is 3. The Hall–Kier alpha value is -3.87. The summed E-state index contributed by atoms with van der Waals surface area (Å²) in [5, 5.41) is 13.3. The van der Waals surface area contributed by atoms with Gasteiger partial charge < -0.3 is 19.6 Å². The van der Waals surface area contributed by atoms with Crippen LogP contribution in [0, 0.1) is 0 Å². The Balaban J connectivity index is 1.35. The molecule has 35 heavy (non-hydrogen) atoms. The summed E-state index contributed by atoms with van der Waals surface area (Å²) >= 11 is 0. The summed E-state index contributed by atoms with van der Waals surface area (Å²) in [4.78, 5) is 13.9. The molecular formula is C29H30N2O4. The molecule has 0 unspecified atom stereocenters. The number of carbonyl (C=O) groups excluding carboxylic acids is 1. The highest BCUT2D eigenvalue weighted by atomic mass is 16.5. The third-order valence-corrected chi connectivity index (χ3v) is 5.68. The number of rotatable bonds is 11. The predicted octanol–water partition coefficient (Wildman–Crippen LogP) is 4.75. The molecule has 0 spiro atoms. The number of nitrogens with zero attached hydrogens (tertiary/aromatic N) is 1. The van der Waals surface area contributed by atoms with Crippen LogP contribution < -0.4 is 10.1 Å². The smallest absolute Gasteiger partial charge is 0.251 e. The minimum absolute atomic E-state index is 0.117. The van der Waals surface area contributed by atoms with Crippen LogP contribution in [0.5, 0.6) is 5.75 Å². The zero-order chi connectivity index (χ0) is 24.5. The Morgan fingerprint density at radius 2 is 1.63 bits per heavy atom. The van der Waals surface area contributed by atoms with E-state index in [1.165, 1.54) is 0 Å². The van der Waals surface area contributed by atoms with E-state index in [0.29, 0.717) is 30.9 Å². The van der Waals surface area contributed by atoms with Gasteiger partial charge in [0.25, 0.3) is 5.91 Å². The number of aliphatic hydroxyl groups excluding tert-OH is 1. The summed E-state index contributed by atoms with van der Waals surface area (Å²) < 4.78 is 11.4. The molecule has 0 radical (unpaired) electrons. The van der Waals surface area contributed by atoms with Crippen LogP contribution in [0.15, 0.2) is 102 Å². The topological polar surface area (TPSA) is 74.9 Å². The molecule has 1 amide bonds. The molecule has 1 heterocycles. The van der Waals surface area contributed by atoms with Gasteiger partial charge in [-0.3, -0.25) is 9.69 Å². The van der Waals surface area contributed by atoms with Crippen LogP contribution in [0.25, 0.3) is 11.1 Å². The van der Waals surface area contributed by atoms with Crippen molar-refractivity contribution in [1.29, 1.82) is 0 Å². The van der Waals surface area contributed by atoms with E-state index in [9.17, 15) is 9.90 Å². The fourth-order valence-corrected chi connectivity index (χ4v) is 3.89. The average molecular weight is 471 g/mol. The first-order valence-electron chi connectivity index (χ1n) is 11.6. The minimum atomic E-state index is -0.691. The van der Waals surface area contributed by atoms with Crippen LogP contribution in [0.1, 0.15) is 21.7 Å². The zero-order valence-electron chi connectivity index (χ0n) is 19.8. The molecular weight excluding hydrogens is 440 g/mol. The first kappa shape index (κ1) is 24.3. The van der Waals surface area contributed by atoms with Gasteiger partial charge in [-0.1, -0.05) is 54.6 Å². The van der Waals surface area contributed by atoms with Crippen molar-refractivity contribution in [3.05, 3.63) is 114 Å². The molecule has 0 fully saturated rings. The molecule has 2 N–H and O–H groups in total. The number of amides is 1. The lowest BCUT2D eigenvalue weighted by Crippen LogP contribution is -2.35. The van der Waals surface area contributed by atoms with E-state index in [1.807, 2.05) is 66.7 Å². The maximum absolute atomic E-state index is 11.8. The molecule has 0 aliphatic carbocycles. The predicted molar refractivity (Wildman–Crippen MR) is 136 cm³/mol. The van der Waals surface area contributed by atoms with Crippen molar-refractivity contribution in [3.8, 4) is 16.9 Å². The van der Waals surface area contributed by atoms with E-state index in [1.54, 1.807) is 25.4 Å². The number of nitrogens with one attached hydrogen (secondary N) is 1. The Labute approximate surface area is 205 Å². The van der Waals surface area contributed by atoms with Crippen LogP contribution in [-0.2, 0) is 13.1 Å². The lowest BCUT2D eigenvalue weighted by atomic mass is 10.1. The standard InChI is InChI=1S/C29H30N2O4/c1-30-29(33)25-11-9-22(10-12-25)18-31(20-28-8-5-17-34-28)19-26(32)21-35-27-15-13-24(14-16-27)23-6-3-2-4-7-23/h2-17,26,32H,18-21H2,1H3,(H,30,33)/t26-/m0/s1. The highest BCUT2D eigenvalue weighted by molar-refractivity contribution is 5.93. The molecule has 0 saturated carbocycles. The number of ether oxygens (including phenoxy) is 1. The van der Waals surface area contributed by atoms with Crippen molar-refractivity contribution in [1.82, 2.24) is 10.2 Å². The van der Waals surface area contributed by atoms with E-state index in [4.69, 9.17) is 9.15 Å². The van der Waals surface area contributed by atoms with Crippen LogP contribution in [0.3, 0.4) is 0 Å². The van der Waals surface area contributed by atoms with Gasteiger partial charge in [-0.25, -0.2) is 0 Å². The van der Waals surface area contributed by atoms with Gasteiger partial charge >= 0.3 is 0 Å². The van der Waals surface area contributed by atoms with Gasteiger partial charge in [0.15, 0.2) is 0 Å². The van der Waals surface area contributed by atoms with Crippen molar-refractivity contribution < 1.29 is 19.1 Å². The van der Waals surface area contributed by atoms with Gasteiger partial charge in [0.2, 0.25) is 0 Å². The summed E-state index contributed by atoms with van der Waals surface area (Å²) in [5.41, 5.74) is 3.91. The highest BCUT2D eigenvalue weighted by Crippen LogP contribution is 2.22. The van der Waals surface area contributed by atoms with Crippen LogP contribution in [-0.4, -0.2) is 42.2 Å². The van der Waals surface area contributed by atoms with Gasteiger partial charge in [-0.05, 0) is 53.1 Å². The lowest BCUT2D eigenvalue weighted by Gasteiger charge is -2.24. The molecule has 3 aromatic carbocycles. The van der Waals surface area contributed by atoms with Crippen LogP contribution >= 0.6 is 0 Å². The molecule has 6 nitrogen and oxygen atoms in total. The number of aliphatic hydroxyl groups is 1. The molecule has 0 aliphatic heterocycles. The first-order valence-corrected chi connectivity index (χ1v) is 11.6. The van der Waals surface area contributed by atoms with Crippen molar-refractivity contribution in [3.63, 3.8) is 0 Å². The van der Waals surface area contributed by atoms with Gasteiger partial charge in [0.1, 0.15) is 24.2 Å². The second-order valence-electron chi connectivity index (χ2n) is 8.38. The Morgan fingerprint density at radius 3 is 2.29 bits per heavy atom. The third-order valence-electron chi connectivity index (χ3n) is 5.68. The van der Waals surface area contributed by atoms with Gasteiger partial charge in [-0.15, -0.1) is 0 Å². The summed E-state index contributed by atoms with van der Waals surface area (Å²) in [6.07, 6.45) is 0.952. The normalized spacial score (nSPS) is 11.9. The van der Waals surface area contributed by atoms with Crippen molar-refractivity contribution in [2.45, 2.75) is 19.2 Å². The summed E-state index contributed by atoms with van der Waals surface area (Å²) in [6, 6.07) is 29.3. The van der Waals surface area contributed by atoms with E-state index < -0.39 is 6.10 Å². The number of hydrogen-bond donors (Lipinski definition) is 2. The van der Waals surface area contributed by atoms with Crippen LogP contribution in [0.2, 0.25) is 0 Å². The molecule has 4 aromatic rings. The lowest BCUT2D eigenvalue weighted by molar-refractivity contribution is 0.0605. The molecule has 180 valence electrons. The summed E-state index contributed by atoms with van der Waals surface area (Å²) in [7, 11) is 1.61. The van der Waals surface area contributed by atoms with E-state index in [-0.39, 0.29) is 12.5 Å². The van der Waals surface area contributed by atoms with Gasteiger partial charge in [0, 0.05) is 25.7 Å². The SMILES string of the molecule is CNC(=O)c1ccc(CN(Cc2ccco2)C[C@H](O)COc2ccc(-c3ccccc3)cc2)cc1. The summed E-state index contributed by atoms with van der Waals surface area (Å²) in [6.45, 7) is 1.72. The maximum Gasteiger partial charge on any atom is 0.251 e. The second-order valence-corrected chi connectivity index (χ2v) is 8.38. The quantitative estimate of drug-likeness (QED) is 0.331. The molecule has 0 aliphatic rings. The molecule has 1 aromatic heterocycles. The van der Waals surface area contributed by atoms with Gasteiger partial charge in [0.05, 0.1) is 12.8 Å². The maximum atomic E-state index is 11.8. The Morgan fingerprint density at radius 1 is 0.914 bits per heavy atom. The number of hydrogen-bond acceptors (Lipinski definition) is 5. The zero-order valence-corrected chi connectivity index (χ0v) is 19.8. The number of furan rings is 1. The van der Waals surface area contributed by atoms with Crippen molar-refractivity contribution in [2.24, 2.45) is 0 Å². The monoisotopic (exact) mass is 470 g/mol. The molecule has 0 bridgehead atoms. The third kappa shape index (κ3) is 7.06. The van der Waals surface area contributed by atoms with E-state index >= 15 is 0 Å². The van der Waals surface area contributed by atoms with E-state index in [2.05, 4.69) is 22.3 Å². The average Bonchev–Trinajstić information content (AvgIpc) is 3.41. The largest absolute Gasteiger partial charge is 0.491 e.